The van der Waals surface area contributed by atoms with Gasteiger partial charge in [0.2, 0.25) is 0 Å². The largest absolute Gasteiger partial charge is 0.297 e. The molecule has 0 aliphatic carbocycles. The zero-order valence-electron chi connectivity index (χ0n) is 5.66. The predicted octanol–water partition coefficient (Wildman–Crippen LogP) is 1.83. The van der Waals surface area contributed by atoms with E-state index >= 15 is 0 Å². The van der Waals surface area contributed by atoms with Crippen molar-refractivity contribution in [3.05, 3.63) is 28.5 Å². The van der Waals surface area contributed by atoms with Crippen molar-refractivity contribution < 1.29 is 17.4 Å². The highest BCUT2D eigenvalue weighted by atomic mass is 79.9. The van der Waals surface area contributed by atoms with Gasteiger partial charge in [0, 0.05) is 4.47 Å². The summed E-state index contributed by atoms with van der Waals surface area (Å²) in [7, 11) is -4.45. The third kappa shape index (κ3) is 2.02. The molecule has 0 aliphatic rings. The van der Waals surface area contributed by atoms with E-state index in [1.807, 2.05) is 0 Å². The van der Waals surface area contributed by atoms with Crippen molar-refractivity contribution in [1.29, 1.82) is 0 Å². The van der Waals surface area contributed by atoms with Crippen LogP contribution in [0.5, 0.6) is 0 Å². The lowest BCUT2D eigenvalue weighted by Crippen LogP contribution is -2.00. The van der Waals surface area contributed by atoms with Gasteiger partial charge < -0.3 is 0 Å². The molecule has 0 aliphatic heterocycles. The Morgan fingerprint density at radius 1 is 1.42 bits per heavy atom. The van der Waals surface area contributed by atoms with Crippen molar-refractivity contribution in [3.63, 3.8) is 0 Å². The first kappa shape index (κ1) is 9.63. The molecule has 0 bridgehead atoms. The summed E-state index contributed by atoms with van der Waals surface area (Å²) in [5.41, 5.74) is 0. The Labute approximate surface area is 77.1 Å². The van der Waals surface area contributed by atoms with E-state index in [0.29, 0.717) is 4.47 Å². The van der Waals surface area contributed by atoms with E-state index in [-0.39, 0.29) is 0 Å². The first-order valence-corrected chi connectivity index (χ1v) is 5.07. The molecule has 66 valence electrons. The fourth-order valence-electron chi connectivity index (χ4n) is 0.684. The minimum Gasteiger partial charge on any atom is -0.282 e. The van der Waals surface area contributed by atoms with Crippen LogP contribution in [0, 0.1) is 5.82 Å². The summed E-state index contributed by atoms with van der Waals surface area (Å²) in [6, 6.07) is 3.27. The molecule has 0 heterocycles. The summed E-state index contributed by atoms with van der Waals surface area (Å²) in [6.07, 6.45) is 0. The molecule has 3 nitrogen and oxygen atoms in total. The zero-order chi connectivity index (χ0) is 9.35. The molecule has 0 saturated heterocycles. The second-order valence-electron chi connectivity index (χ2n) is 2.05. The van der Waals surface area contributed by atoms with Crippen LogP contribution < -0.4 is 0 Å². The van der Waals surface area contributed by atoms with Crippen molar-refractivity contribution in [2.45, 2.75) is 4.90 Å². The van der Waals surface area contributed by atoms with E-state index in [1.54, 1.807) is 0 Å². The average Bonchev–Trinajstić information content (AvgIpc) is 1.83. The van der Waals surface area contributed by atoms with Gasteiger partial charge in [0.1, 0.15) is 10.7 Å². The summed E-state index contributed by atoms with van der Waals surface area (Å²) >= 11 is 2.95. The molecule has 12 heavy (non-hydrogen) atoms. The van der Waals surface area contributed by atoms with E-state index < -0.39 is 20.8 Å². The number of rotatable bonds is 1. The first-order chi connectivity index (χ1) is 5.41. The predicted molar refractivity (Wildman–Crippen MR) is 43.9 cm³/mol. The smallest absolute Gasteiger partial charge is 0.282 e. The molecule has 1 N–H and O–H groups in total. The van der Waals surface area contributed by atoms with Gasteiger partial charge in [0.15, 0.2) is 0 Å². The highest BCUT2D eigenvalue weighted by molar-refractivity contribution is 9.10. The molecule has 0 amide bonds. The van der Waals surface area contributed by atoms with Gasteiger partial charge in [0.25, 0.3) is 10.1 Å². The van der Waals surface area contributed by atoms with E-state index in [0.717, 1.165) is 12.1 Å². The average molecular weight is 255 g/mol. The van der Waals surface area contributed by atoms with Gasteiger partial charge in [-0.3, -0.25) is 4.55 Å². The standard InChI is InChI=1S/C6H4BrFO3S/c7-4-1-2-6(5(8)3-4)12(9,10)11/h1-3H,(H,9,10,11). The minimum atomic E-state index is -4.45. The third-order valence-corrected chi connectivity index (χ3v) is 2.55. The molecule has 1 rings (SSSR count). The van der Waals surface area contributed by atoms with Crippen LogP contribution >= 0.6 is 15.9 Å². The summed E-state index contributed by atoms with van der Waals surface area (Å²) in [4.78, 5) is -0.717. The lowest BCUT2D eigenvalue weighted by Gasteiger charge is -1.98. The van der Waals surface area contributed by atoms with Crippen LogP contribution in [0.3, 0.4) is 0 Å². The molecular formula is C6H4BrFO3S. The molecule has 0 fully saturated rings. The minimum absolute atomic E-state index is 0.410. The molecule has 0 unspecified atom stereocenters. The van der Waals surface area contributed by atoms with Crippen LogP contribution in [-0.2, 0) is 10.1 Å². The molecule has 0 atom stereocenters. The normalized spacial score (nSPS) is 11.6. The number of hydrogen-bond donors (Lipinski definition) is 1. The van der Waals surface area contributed by atoms with Gasteiger partial charge in [-0.05, 0) is 18.2 Å². The maximum atomic E-state index is 12.8. The van der Waals surface area contributed by atoms with Crippen LogP contribution in [0.25, 0.3) is 0 Å². The van der Waals surface area contributed by atoms with Gasteiger partial charge in [0.05, 0.1) is 0 Å². The van der Waals surface area contributed by atoms with Gasteiger partial charge in [-0.25, -0.2) is 4.39 Å². The Bertz CT molecular complexity index is 401. The molecule has 6 heteroatoms. The van der Waals surface area contributed by atoms with Gasteiger partial charge in [-0.2, -0.15) is 8.42 Å². The second-order valence-corrected chi connectivity index (χ2v) is 4.36. The van der Waals surface area contributed by atoms with E-state index in [9.17, 15) is 12.8 Å². The number of hydrogen-bond acceptors (Lipinski definition) is 2. The lowest BCUT2D eigenvalue weighted by atomic mass is 10.3. The number of benzene rings is 1. The number of halogens is 2. The Kier molecular flexibility index (Phi) is 2.50. The molecule has 0 spiro atoms. The SMILES string of the molecule is O=S(=O)(O)c1ccc(Br)cc1F. The fourth-order valence-corrected chi connectivity index (χ4v) is 1.56. The lowest BCUT2D eigenvalue weighted by molar-refractivity contribution is 0.473. The molecular weight excluding hydrogens is 251 g/mol. The topological polar surface area (TPSA) is 54.4 Å². The second kappa shape index (κ2) is 3.12. The monoisotopic (exact) mass is 254 g/mol. The fraction of sp³-hybridized carbons (Fsp3) is 0. The quantitative estimate of drug-likeness (QED) is 0.779. The van der Waals surface area contributed by atoms with Crippen molar-refractivity contribution in [3.8, 4) is 0 Å². The molecule has 0 saturated carbocycles. The van der Waals surface area contributed by atoms with Crippen molar-refractivity contribution in [2.24, 2.45) is 0 Å². The third-order valence-electron chi connectivity index (χ3n) is 1.17. The van der Waals surface area contributed by atoms with E-state index in [2.05, 4.69) is 15.9 Å². The zero-order valence-corrected chi connectivity index (χ0v) is 8.06. The highest BCUT2D eigenvalue weighted by Crippen LogP contribution is 2.18. The van der Waals surface area contributed by atoms with Gasteiger partial charge in [-0.15, -0.1) is 0 Å². The van der Waals surface area contributed by atoms with E-state index in [1.165, 1.54) is 6.07 Å². The van der Waals surface area contributed by atoms with Crippen LogP contribution in [-0.4, -0.2) is 13.0 Å². The van der Waals surface area contributed by atoms with Crippen LogP contribution in [0.2, 0.25) is 0 Å². The van der Waals surface area contributed by atoms with E-state index in [4.69, 9.17) is 4.55 Å². The van der Waals surface area contributed by atoms with Crippen molar-refractivity contribution in [1.82, 2.24) is 0 Å². The Hall–Kier alpha value is -0.460. The summed E-state index contributed by atoms with van der Waals surface area (Å²) in [6.45, 7) is 0. The van der Waals surface area contributed by atoms with Crippen LogP contribution in [0.1, 0.15) is 0 Å². The first-order valence-electron chi connectivity index (χ1n) is 2.84. The van der Waals surface area contributed by atoms with Crippen molar-refractivity contribution >= 4 is 26.0 Å². The maximum absolute atomic E-state index is 12.8. The molecule has 1 aromatic carbocycles. The Morgan fingerprint density at radius 2 is 2.00 bits per heavy atom. The van der Waals surface area contributed by atoms with Crippen molar-refractivity contribution in [2.75, 3.05) is 0 Å². The molecule has 0 aromatic heterocycles. The van der Waals surface area contributed by atoms with Crippen LogP contribution in [0.4, 0.5) is 4.39 Å². The summed E-state index contributed by atoms with van der Waals surface area (Å²) in [5, 5.41) is 0. The molecule has 1 aromatic rings. The Balaban J connectivity index is 3.39. The summed E-state index contributed by atoms with van der Waals surface area (Å²) in [5.74, 6) is -0.980. The molecule has 0 radical (unpaired) electrons. The maximum Gasteiger partial charge on any atom is 0.297 e. The van der Waals surface area contributed by atoms with Gasteiger partial charge >= 0.3 is 0 Å². The Morgan fingerprint density at radius 3 is 2.42 bits per heavy atom. The highest BCUT2D eigenvalue weighted by Gasteiger charge is 2.14. The summed E-state index contributed by atoms with van der Waals surface area (Å²) < 4.78 is 42.6. The van der Waals surface area contributed by atoms with Gasteiger partial charge in [-0.1, -0.05) is 15.9 Å². The van der Waals surface area contributed by atoms with Crippen LogP contribution in [0.15, 0.2) is 27.6 Å².